The van der Waals surface area contributed by atoms with Gasteiger partial charge in [0.25, 0.3) is 0 Å². The Hall–Kier alpha value is -1.97. The van der Waals surface area contributed by atoms with E-state index in [1.165, 1.54) is 11.5 Å². The van der Waals surface area contributed by atoms with Crippen LogP contribution in [0.3, 0.4) is 0 Å². The number of hydrogen-bond acceptors (Lipinski definition) is 6. The van der Waals surface area contributed by atoms with E-state index in [9.17, 15) is 0 Å². The molecule has 0 spiro atoms. The van der Waals surface area contributed by atoms with Crippen LogP contribution in [0.2, 0.25) is 5.15 Å². The second kappa shape index (κ2) is 5.80. The zero-order valence-electron chi connectivity index (χ0n) is 11.2. The van der Waals surface area contributed by atoms with E-state index in [0.717, 1.165) is 16.5 Å². The lowest BCUT2D eigenvalue weighted by Gasteiger charge is -2.29. The first kappa shape index (κ1) is 14.0. The van der Waals surface area contributed by atoms with E-state index in [2.05, 4.69) is 10.4 Å². The summed E-state index contributed by atoms with van der Waals surface area (Å²) in [7, 11) is 1.88. The van der Waals surface area contributed by atoms with Gasteiger partial charge in [-0.3, -0.25) is 0 Å². The fourth-order valence-electron chi connectivity index (χ4n) is 2.16. The zero-order valence-corrected chi connectivity index (χ0v) is 12.8. The summed E-state index contributed by atoms with van der Waals surface area (Å²) in [5.41, 5.74) is 0.404. The number of anilines is 1. The maximum absolute atomic E-state index is 9.12. The first-order valence-corrected chi connectivity index (χ1v) is 7.49. The van der Waals surface area contributed by atoms with Crippen LogP contribution < -0.4 is 14.4 Å². The van der Waals surface area contributed by atoms with Crippen molar-refractivity contribution in [3.8, 4) is 17.6 Å². The third kappa shape index (κ3) is 2.75. The Morgan fingerprint density at radius 3 is 3.00 bits per heavy atom. The Kier molecular flexibility index (Phi) is 3.86. The molecule has 1 aliphatic rings. The SMILES string of the molecule is CN(CC1COc2ccccc2O1)c1snc(Cl)c1C#N. The summed E-state index contributed by atoms with van der Waals surface area (Å²) in [5.74, 6) is 1.50. The fourth-order valence-corrected chi connectivity index (χ4v) is 3.16. The lowest BCUT2D eigenvalue weighted by molar-refractivity contribution is 0.0961. The first-order chi connectivity index (χ1) is 10.2. The number of hydrogen-bond donors (Lipinski definition) is 0. The van der Waals surface area contributed by atoms with Gasteiger partial charge in [-0.05, 0) is 23.7 Å². The van der Waals surface area contributed by atoms with E-state index in [0.29, 0.717) is 18.7 Å². The monoisotopic (exact) mass is 321 g/mol. The molecule has 0 amide bonds. The van der Waals surface area contributed by atoms with Gasteiger partial charge in [-0.15, -0.1) is 0 Å². The molecule has 0 saturated carbocycles. The number of para-hydroxylation sites is 2. The number of likely N-dealkylation sites (N-methyl/N-ethyl adjacent to an activating group) is 1. The summed E-state index contributed by atoms with van der Waals surface area (Å²) in [6.07, 6.45) is -0.114. The quantitative estimate of drug-likeness (QED) is 0.870. The van der Waals surface area contributed by atoms with Crippen molar-refractivity contribution in [3.63, 3.8) is 0 Å². The lowest BCUT2D eigenvalue weighted by Crippen LogP contribution is -2.39. The molecule has 1 aromatic carbocycles. The third-order valence-corrected chi connectivity index (χ3v) is 4.47. The largest absolute Gasteiger partial charge is 0.486 e. The number of fused-ring (bicyclic) bond motifs is 1. The Bertz CT molecular complexity index is 698. The Morgan fingerprint density at radius 2 is 2.24 bits per heavy atom. The highest BCUT2D eigenvalue weighted by Gasteiger charge is 2.24. The number of aromatic nitrogens is 1. The molecule has 5 nitrogen and oxygen atoms in total. The van der Waals surface area contributed by atoms with Crippen molar-refractivity contribution in [3.05, 3.63) is 35.0 Å². The predicted molar refractivity (Wildman–Crippen MR) is 81.5 cm³/mol. The molecule has 1 aromatic heterocycles. The van der Waals surface area contributed by atoms with E-state index < -0.39 is 0 Å². The lowest BCUT2D eigenvalue weighted by atomic mass is 10.2. The van der Waals surface area contributed by atoms with Crippen LogP contribution in [0.1, 0.15) is 5.56 Å². The molecule has 1 aliphatic heterocycles. The second-order valence-corrected chi connectivity index (χ2v) is 5.75. The predicted octanol–water partition coefficient (Wildman–Crippen LogP) is 2.94. The van der Waals surface area contributed by atoms with Crippen molar-refractivity contribution >= 4 is 28.1 Å². The molecule has 7 heteroatoms. The van der Waals surface area contributed by atoms with Gasteiger partial charge in [-0.25, -0.2) is 0 Å². The van der Waals surface area contributed by atoms with E-state index in [4.69, 9.17) is 26.3 Å². The third-order valence-electron chi connectivity index (χ3n) is 3.14. The average Bonchev–Trinajstić information content (AvgIpc) is 2.88. The Labute approximate surface area is 131 Å². The zero-order chi connectivity index (χ0) is 14.8. The molecular formula is C14H12ClN3O2S. The minimum atomic E-state index is -0.114. The molecule has 1 unspecified atom stereocenters. The Morgan fingerprint density at radius 1 is 1.48 bits per heavy atom. The molecule has 1 atom stereocenters. The van der Waals surface area contributed by atoms with Crippen LogP contribution in [0.4, 0.5) is 5.00 Å². The highest BCUT2D eigenvalue weighted by atomic mass is 35.5. The summed E-state index contributed by atoms with van der Waals surface area (Å²) >= 11 is 7.10. The molecule has 3 rings (SSSR count). The van der Waals surface area contributed by atoms with Crippen LogP contribution >= 0.6 is 23.1 Å². The second-order valence-electron chi connectivity index (χ2n) is 4.64. The minimum Gasteiger partial charge on any atom is -0.486 e. The van der Waals surface area contributed by atoms with Crippen molar-refractivity contribution < 1.29 is 9.47 Å². The minimum absolute atomic E-state index is 0.114. The molecule has 0 aliphatic carbocycles. The molecule has 21 heavy (non-hydrogen) atoms. The summed E-state index contributed by atoms with van der Waals surface area (Å²) < 4.78 is 15.6. The van der Waals surface area contributed by atoms with Gasteiger partial charge in [0.05, 0.1) is 6.54 Å². The van der Waals surface area contributed by atoms with Crippen LogP contribution in [-0.4, -0.2) is 30.7 Å². The fraction of sp³-hybridized carbons (Fsp3) is 0.286. The smallest absolute Gasteiger partial charge is 0.162 e. The van der Waals surface area contributed by atoms with Crippen LogP contribution in [0.15, 0.2) is 24.3 Å². The highest BCUT2D eigenvalue weighted by molar-refractivity contribution is 7.10. The number of nitrogens with zero attached hydrogens (tertiary/aromatic N) is 3. The first-order valence-electron chi connectivity index (χ1n) is 6.34. The molecule has 2 aromatic rings. The van der Waals surface area contributed by atoms with Crippen LogP contribution in [-0.2, 0) is 0 Å². The van der Waals surface area contributed by atoms with Crippen LogP contribution in [0.5, 0.6) is 11.5 Å². The van der Waals surface area contributed by atoms with Gasteiger partial charge in [0.1, 0.15) is 23.2 Å². The molecular weight excluding hydrogens is 310 g/mol. The van der Waals surface area contributed by atoms with Gasteiger partial charge in [0.2, 0.25) is 0 Å². The number of halogens is 1. The molecule has 0 radical (unpaired) electrons. The highest BCUT2D eigenvalue weighted by Crippen LogP contribution is 2.33. The van der Waals surface area contributed by atoms with Crippen molar-refractivity contribution in [1.29, 1.82) is 5.26 Å². The molecule has 0 saturated heterocycles. The van der Waals surface area contributed by atoms with E-state index in [1.807, 2.05) is 36.2 Å². The molecule has 2 heterocycles. The van der Waals surface area contributed by atoms with Gasteiger partial charge >= 0.3 is 0 Å². The Balaban J connectivity index is 1.72. The normalized spacial score (nSPS) is 16.3. The van der Waals surface area contributed by atoms with Gasteiger partial charge in [0.15, 0.2) is 22.8 Å². The summed E-state index contributed by atoms with van der Waals surface area (Å²) in [6, 6.07) is 9.66. The van der Waals surface area contributed by atoms with Gasteiger partial charge in [-0.1, -0.05) is 23.7 Å². The van der Waals surface area contributed by atoms with Crippen LogP contribution in [0.25, 0.3) is 0 Å². The topological polar surface area (TPSA) is 58.4 Å². The summed E-state index contributed by atoms with van der Waals surface area (Å²) in [4.78, 5) is 1.92. The van der Waals surface area contributed by atoms with E-state index in [1.54, 1.807) is 0 Å². The molecule has 0 N–H and O–H groups in total. The number of benzene rings is 1. The maximum atomic E-state index is 9.12. The number of nitriles is 1. The number of ether oxygens (including phenoxy) is 2. The molecule has 108 valence electrons. The molecule has 0 fully saturated rings. The summed E-state index contributed by atoms with van der Waals surface area (Å²) in [5, 5.41) is 10.1. The van der Waals surface area contributed by atoms with Gasteiger partial charge in [0, 0.05) is 7.05 Å². The van der Waals surface area contributed by atoms with E-state index >= 15 is 0 Å². The van der Waals surface area contributed by atoms with Crippen molar-refractivity contribution in [1.82, 2.24) is 4.37 Å². The molecule has 0 bridgehead atoms. The van der Waals surface area contributed by atoms with Crippen molar-refractivity contribution in [2.24, 2.45) is 0 Å². The standard InChI is InChI=1S/C14H12ClN3O2S/c1-18(14-10(6-16)13(15)17-21-14)7-9-8-19-11-4-2-3-5-12(11)20-9/h2-5,9H,7-8H2,1H3. The maximum Gasteiger partial charge on any atom is 0.162 e. The van der Waals surface area contributed by atoms with E-state index in [-0.39, 0.29) is 11.3 Å². The summed E-state index contributed by atoms with van der Waals surface area (Å²) in [6.45, 7) is 1.05. The average molecular weight is 322 g/mol. The van der Waals surface area contributed by atoms with Gasteiger partial charge in [-0.2, -0.15) is 9.64 Å². The number of rotatable bonds is 3. The van der Waals surface area contributed by atoms with Crippen molar-refractivity contribution in [2.45, 2.75) is 6.10 Å². The van der Waals surface area contributed by atoms with Gasteiger partial charge < -0.3 is 14.4 Å². The van der Waals surface area contributed by atoms with Crippen molar-refractivity contribution in [2.75, 3.05) is 25.1 Å². The van der Waals surface area contributed by atoms with Crippen LogP contribution in [0, 0.1) is 11.3 Å².